The van der Waals surface area contributed by atoms with E-state index in [1.165, 1.54) is 0 Å². The summed E-state index contributed by atoms with van der Waals surface area (Å²) in [7, 11) is 0. The van der Waals surface area contributed by atoms with E-state index in [0.717, 1.165) is 56.4 Å². The highest BCUT2D eigenvalue weighted by Gasteiger charge is 2.70. The highest BCUT2D eigenvalue weighted by Crippen LogP contribution is 2.74. The molecule has 0 saturated heterocycles. The van der Waals surface area contributed by atoms with Crippen LogP contribution in [-0.2, 0) is 15.0 Å². The van der Waals surface area contributed by atoms with Crippen molar-refractivity contribution >= 4 is 11.6 Å². The molecule has 1 aromatic heterocycles. The summed E-state index contributed by atoms with van der Waals surface area (Å²) in [5, 5.41) is 14.1. The molecular formula is C33H43N3O3. The number of hydrogen-bond donors (Lipinski definition) is 0. The molecule has 6 rings (SSSR count). The number of fused-ring (bicyclic) bond motifs is 7. The quantitative estimate of drug-likeness (QED) is 0.395. The minimum Gasteiger partial charge on any atom is -0.339 e. The van der Waals surface area contributed by atoms with Crippen LogP contribution in [0.5, 0.6) is 0 Å². The van der Waals surface area contributed by atoms with Gasteiger partial charge in [0.15, 0.2) is 17.4 Å². The molecule has 1 heterocycles. The van der Waals surface area contributed by atoms with Gasteiger partial charge in [0.25, 0.3) is 0 Å². The molecule has 6 nitrogen and oxygen atoms in total. The fourth-order valence-electron chi connectivity index (χ4n) is 10.5. The van der Waals surface area contributed by atoms with E-state index in [0.29, 0.717) is 5.82 Å². The zero-order chi connectivity index (χ0) is 28.4. The Bertz CT molecular complexity index is 1390. The molecule has 6 heteroatoms. The zero-order valence-electron chi connectivity index (χ0n) is 24.9. The van der Waals surface area contributed by atoms with Crippen LogP contribution < -0.4 is 0 Å². The molecule has 39 heavy (non-hydrogen) atoms. The van der Waals surface area contributed by atoms with Gasteiger partial charge in [-0.2, -0.15) is 10.2 Å². The Kier molecular flexibility index (Phi) is 5.33. The second-order valence-electron chi connectivity index (χ2n) is 15.6. The third kappa shape index (κ3) is 3.19. The third-order valence-electron chi connectivity index (χ3n) is 12.8. The van der Waals surface area contributed by atoms with E-state index in [1.807, 2.05) is 32.9 Å². The van der Waals surface area contributed by atoms with Gasteiger partial charge in [0.1, 0.15) is 6.07 Å². The molecule has 5 aliphatic rings. The van der Waals surface area contributed by atoms with E-state index in [-0.39, 0.29) is 56.6 Å². The monoisotopic (exact) mass is 529 g/mol. The molecule has 0 spiro atoms. The van der Waals surface area contributed by atoms with Gasteiger partial charge in [-0.25, -0.2) is 0 Å². The SMILES string of the molecule is Cc1noc([C@]23CCC(C)(C)CC2C2C(=O)C=C4[C@@]5(C)C=C(C#N)C(=O)C(C)(C)[C@@H]5CC[C@@]4(C)[C@]2(C)CC3)n1. The highest BCUT2D eigenvalue weighted by atomic mass is 16.5. The Labute approximate surface area is 232 Å². The number of aromatic nitrogens is 2. The van der Waals surface area contributed by atoms with Crippen molar-refractivity contribution in [1.82, 2.24) is 10.1 Å². The molecular weight excluding hydrogens is 486 g/mol. The van der Waals surface area contributed by atoms with Crippen LogP contribution in [0.25, 0.3) is 0 Å². The Morgan fingerprint density at radius 1 is 1.00 bits per heavy atom. The number of carbonyl (C=O) groups is 2. The number of carbonyl (C=O) groups excluding carboxylic acids is 2. The van der Waals surface area contributed by atoms with Crippen LogP contribution in [0.4, 0.5) is 0 Å². The van der Waals surface area contributed by atoms with Gasteiger partial charge < -0.3 is 4.52 Å². The first-order chi connectivity index (χ1) is 18.1. The maximum atomic E-state index is 14.6. The lowest BCUT2D eigenvalue weighted by atomic mass is 9.34. The highest BCUT2D eigenvalue weighted by molar-refractivity contribution is 6.04. The predicted molar refractivity (Wildman–Crippen MR) is 147 cm³/mol. The first-order valence-corrected chi connectivity index (χ1v) is 14.8. The lowest BCUT2D eigenvalue weighted by Crippen LogP contribution is -2.65. The Balaban J connectivity index is 1.54. The number of rotatable bonds is 1. The fourth-order valence-corrected chi connectivity index (χ4v) is 10.5. The average Bonchev–Trinajstić information content (AvgIpc) is 3.29. The Morgan fingerprint density at radius 3 is 2.33 bits per heavy atom. The first kappa shape index (κ1) is 26.7. The van der Waals surface area contributed by atoms with Gasteiger partial charge in [0, 0.05) is 16.7 Å². The maximum absolute atomic E-state index is 14.6. The summed E-state index contributed by atoms with van der Waals surface area (Å²) in [6, 6.07) is 2.20. The lowest BCUT2D eigenvalue weighted by Gasteiger charge is -2.68. The Hall–Kier alpha value is -2.55. The number of Topliss-reactive ketones (excluding diaryl/α,β-unsaturated/α-hetero) is 1. The number of ketones is 2. The molecule has 0 amide bonds. The number of hydrogen-bond acceptors (Lipinski definition) is 6. The number of aryl methyl sites for hydroxylation is 1. The average molecular weight is 530 g/mol. The topological polar surface area (TPSA) is 96.9 Å². The molecule has 2 unspecified atom stereocenters. The third-order valence-corrected chi connectivity index (χ3v) is 12.8. The molecule has 0 aliphatic heterocycles. The van der Waals surface area contributed by atoms with E-state index < -0.39 is 10.8 Å². The van der Waals surface area contributed by atoms with Crippen LogP contribution in [0, 0.1) is 63.1 Å². The van der Waals surface area contributed by atoms with E-state index >= 15 is 0 Å². The molecule has 0 bridgehead atoms. The van der Waals surface area contributed by atoms with E-state index in [4.69, 9.17) is 9.51 Å². The summed E-state index contributed by atoms with van der Waals surface area (Å²) in [6.07, 6.45) is 10.6. The van der Waals surface area contributed by atoms with E-state index in [9.17, 15) is 14.9 Å². The van der Waals surface area contributed by atoms with Crippen LogP contribution in [0.3, 0.4) is 0 Å². The van der Waals surface area contributed by atoms with Gasteiger partial charge >= 0.3 is 0 Å². The van der Waals surface area contributed by atoms with Gasteiger partial charge in [-0.1, -0.05) is 65.3 Å². The van der Waals surface area contributed by atoms with Crippen molar-refractivity contribution in [1.29, 1.82) is 5.26 Å². The molecule has 5 aliphatic carbocycles. The van der Waals surface area contributed by atoms with Crippen molar-refractivity contribution in [2.75, 3.05) is 0 Å². The van der Waals surface area contributed by atoms with Crippen LogP contribution >= 0.6 is 0 Å². The molecule has 208 valence electrons. The lowest BCUT2D eigenvalue weighted by molar-refractivity contribution is -0.161. The van der Waals surface area contributed by atoms with Crippen molar-refractivity contribution in [3.63, 3.8) is 0 Å². The largest absolute Gasteiger partial charge is 0.339 e. The predicted octanol–water partition coefficient (Wildman–Crippen LogP) is 6.85. The summed E-state index contributed by atoms with van der Waals surface area (Å²) in [4.78, 5) is 32.6. The van der Waals surface area contributed by atoms with Crippen LogP contribution in [0.1, 0.15) is 105 Å². The zero-order valence-corrected chi connectivity index (χ0v) is 24.9. The minimum atomic E-state index is -0.650. The summed E-state index contributed by atoms with van der Waals surface area (Å²) in [5.41, 5.74) is -0.382. The van der Waals surface area contributed by atoms with Gasteiger partial charge in [0.2, 0.25) is 5.89 Å². The smallest absolute Gasteiger partial charge is 0.233 e. The van der Waals surface area contributed by atoms with Crippen molar-refractivity contribution in [3.8, 4) is 6.07 Å². The molecule has 3 saturated carbocycles. The minimum absolute atomic E-state index is 0.0551. The van der Waals surface area contributed by atoms with Crippen molar-refractivity contribution in [3.05, 3.63) is 35.0 Å². The Morgan fingerprint density at radius 2 is 1.69 bits per heavy atom. The molecule has 3 fully saturated rings. The van der Waals surface area contributed by atoms with Gasteiger partial charge in [-0.15, -0.1) is 0 Å². The van der Waals surface area contributed by atoms with Gasteiger partial charge in [-0.05, 0) is 86.0 Å². The molecule has 0 N–H and O–H groups in total. The number of allylic oxidation sites excluding steroid dienone is 4. The summed E-state index contributed by atoms with van der Waals surface area (Å²) in [6.45, 7) is 17.4. The van der Waals surface area contributed by atoms with Crippen molar-refractivity contribution in [2.24, 2.45) is 44.8 Å². The standard InChI is InChI=1S/C33H43N3O3/c1-19-35-27(39-36-19)33-13-11-28(2,3)17-21(33)25-22(37)15-24-30(6)16-20(18-34)26(38)29(4,5)23(30)9-10-31(24,7)32(25,8)12-14-33/h15-16,21,23,25H,9-14,17H2,1-8H3/t21?,23-,25?,30-,31+,32+,33-/m0/s1. The first-order valence-electron chi connectivity index (χ1n) is 14.8. The van der Waals surface area contributed by atoms with Crippen LogP contribution in [-0.4, -0.2) is 21.7 Å². The number of nitrogens with zero attached hydrogens (tertiary/aromatic N) is 3. The van der Waals surface area contributed by atoms with Crippen LogP contribution in [0.15, 0.2) is 27.8 Å². The van der Waals surface area contributed by atoms with Crippen molar-refractivity contribution in [2.45, 2.75) is 106 Å². The van der Waals surface area contributed by atoms with Crippen LogP contribution in [0.2, 0.25) is 0 Å². The second kappa shape index (κ2) is 7.80. The molecule has 0 aromatic carbocycles. The van der Waals surface area contributed by atoms with Gasteiger partial charge in [-0.3, -0.25) is 9.59 Å². The van der Waals surface area contributed by atoms with E-state index in [2.05, 4.69) is 45.8 Å². The fraction of sp³-hybridized carbons (Fsp3) is 0.727. The maximum Gasteiger partial charge on any atom is 0.233 e. The molecule has 0 radical (unpaired) electrons. The number of nitriles is 1. The summed E-state index contributed by atoms with van der Waals surface area (Å²) in [5.74, 6) is 1.56. The second-order valence-corrected chi connectivity index (χ2v) is 15.6. The van der Waals surface area contributed by atoms with Crippen molar-refractivity contribution < 1.29 is 14.1 Å². The molecule has 1 aromatic rings. The summed E-state index contributed by atoms with van der Waals surface area (Å²) < 4.78 is 5.90. The van der Waals surface area contributed by atoms with E-state index in [1.54, 1.807) is 0 Å². The summed E-state index contributed by atoms with van der Waals surface area (Å²) >= 11 is 0. The van der Waals surface area contributed by atoms with Gasteiger partial charge in [0.05, 0.1) is 11.0 Å². The normalized spacial score (nSPS) is 44.1. The molecule has 7 atom stereocenters.